The zero-order valence-corrected chi connectivity index (χ0v) is 16.2. The molecular weight excluding hydrogens is 298 g/mol. The number of quaternary nitrogens is 1. The van der Waals surface area contributed by atoms with Crippen LogP contribution in [0.2, 0.25) is 0 Å². The monoisotopic (exact) mass is 329 g/mol. The van der Waals surface area contributed by atoms with Crippen molar-refractivity contribution in [3.05, 3.63) is 35.4 Å². The predicted octanol–water partition coefficient (Wildman–Crippen LogP) is 2.10. The molecule has 0 heterocycles. The Kier molecular flexibility index (Phi) is 8.99. The van der Waals surface area contributed by atoms with Gasteiger partial charge in [-0.2, -0.15) is 11.8 Å². The van der Waals surface area contributed by atoms with E-state index in [1.165, 1.54) is 35.2 Å². The van der Waals surface area contributed by atoms with E-state index in [0.29, 0.717) is 4.75 Å². The Morgan fingerprint density at radius 3 is 1.67 bits per heavy atom. The predicted molar refractivity (Wildman–Crippen MR) is 93.1 cm³/mol. The van der Waals surface area contributed by atoms with E-state index in [2.05, 4.69) is 65.8 Å². The molecule has 0 saturated carbocycles. The van der Waals surface area contributed by atoms with E-state index in [1.54, 1.807) is 0 Å². The summed E-state index contributed by atoms with van der Waals surface area (Å²) in [7, 11) is 0. The van der Waals surface area contributed by atoms with E-state index in [0.717, 1.165) is 12.3 Å². The van der Waals surface area contributed by atoms with Gasteiger partial charge in [-0.15, -0.1) is 0 Å². The van der Waals surface area contributed by atoms with Crippen molar-refractivity contribution >= 4 is 11.8 Å². The summed E-state index contributed by atoms with van der Waals surface area (Å²) in [5.41, 5.74) is 2.91. The van der Waals surface area contributed by atoms with Crippen molar-refractivity contribution < 1.29 is 16.9 Å². The van der Waals surface area contributed by atoms with Gasteiger partial charge in [0, 0.05) is 16.1 Å². The number of benzene rings is 1. The average molecular weight is 330 g/mol. The first-order chi connectivity index (χ1) is 9.34. The summed E-state index contributed by atoms with van der Waals surface area (Å²) in [6.45, 7) is 18.6. The maximum absolute atomic E-state index is 2.33. The van der Waals surface area contributed by atoms with Crippen LogP contribution in [0.15, 0.2) is 24.3 Å². The fraction of sp³-hybridized carbons (Fsp3) is 0.667. The van der Waals surface area contributed by atoms with Gasteiger partial charge in [0.1, 0.15) is 6.54 Å². The molecule has 1 rings (SSSR count). The van der Waals surface area contributed by atoms with Crippen molar-refractivity contribution in [3.63, 3.8) is 0 Å². The highest BCUT2D eigenvalue weighted by atomic mass is 35.5. The number of hydrogen-bond donors (Lipinski definition) is 0. The van der Waals surface area contributed by atoms with E-state index in [9.17, 15) is 0 Å². The van der Waals surface area contributed by atoms with E-state index in [4.69, 9.17) is 0 Å². The lowest BCUT2D eigenvalue weighted by molar-refractivity contribution is -0.936. The molecule has 0 radical (unpaired) electrons. The van der Waals surface area contributed by atoms with Crippen LogP contribution in [0.25, 0.3) is 0 Å². The third-order valence-corrected chi connectivity index (χ3v) is 5.57. The largest absolute Gasteiger partial charge is 1.00 e. The van der Waals surface area contributed by atoms with Gasteiger partial charge in [0.2, 0.25) is 0 Å². The van der Waals surface area contributed by atoms with Gasteiger partial charge >= 0.3 is 0 Å². The molecule has 0 spiro atoms. The molecule has 21 heavy (non-hydrogen) atoms. The molecule has 0 aromatic heterocycles. The summed E-state index contributed by atoms with van der Waals surface area (Å²) in [6.07, 6.45) is 0. The van der Waals surface area contributed by atoms with Crippen LogP contribution in [0.1, 0.15) is 52.7 Å². The minimum Gasteiger partial charge on any atom is -1.00 e. The highest BCUT2D eigenvalue weighted by Crippen LogP contribution is 2.27. The van der Waals surface area contributed by atoms with E-state index in [-0.39, 0.29) is 12.4 Å². The average Bonchev–Trinajstić information content (AvgIpc) is 2.43. The highest BCUT2D eigenvalue weighted by Gasteiger charge is 2.21. The number of nitrogens with zero attached hydrogens (tertiary/aromatic N) is 1. The van der Waals surface area contributed by atoms with Gasteiger partial charge in [0.15, 0.2) is 0 Å². The molecule has 0 aliphatic rings. The Morgan fingerprint density at radius 2 is 1.29 bits per heavy atom. The van der Waals surface area contributed by atoms with Gasteiger partial charge in [-0.05, 0) is 26.3 Å². The van der Waals surface area contributed by atoms with Gasteiger partial charge in [-0.3, -0.25) is 0 Å². The van der Waals surface area contributed by atoms with Gasteiger partial charge < -0.3 is 16.9 Å². The third kappa shape index (κ3) is 7.08. The van der Waals surface area contributed by atoms with Crippen LogP contribution < -0.4 is 12.4 Å². The molecule has 0 unspecified atom stereocenters. The topological polar surface area (TPSA) is 0 Å². The van der Waals surface area contributed by atoms with Crippen LogP contribution in [-0.2, 0) is 12.3 Å². The van der Waals surface area contributed by atoms with Crippen molar-refractivity contribution in [2.75, 3.05) is 19.6 Å². The van der Waals surface area contributed by atoms with Crippen molar-refractivity contribution in [1.82, 2.24) is 0 Å². The second-order valence-electron chi connectivity index (χ2n) is 6.67. The normalized spacial score (nSPS) is 12.1. The lowest BCUT2D eigenvalue weighted by Crippen LogP contribution is -3.00. The molecule has 122 valence electrons. The van der Waals surface area contributed by atoms with Gasteiger partial charge in [0.25, 0.3) is 0 Å². The Bertz CT molecular complexity index is 382. The molecule has 0 amide bonds. The standard InChI is InChI=1S/C18H32NS.ClH/c1-7-19(8-2,9-3)14-16-10-12-17(13-11-16)15-20-18(4,5)6;/h10-13H,7-9,14-15H2,1-6H3;1H/q+1;/p-1. The lowest BCUT2D eigenvalue weighted by atomic mass is 10.1. The minimum atomic E-state index is 0. The highest BCUT2D eigenvalue weighted by molar-refractivity contribution is 7.99. The minimum absolute atomic E-state index is 0. The van der Waals surface area contributed by atoms with Crippen molar-refractivity contribution in [2.24, 2.45) is 0 Å². The summed E-state index contributed by atoms with van der Waals surface area (Å²) in [4.78, 5) is 0. The molecule has 0 saturated heterocycles. The van der Waals surface area contributed by atoms with E-state index in [1.807, 2.05) is 11.8 Å². The molecule has 1 nitrogen and oxygen atoms in total. The molecule has 1 aromatic rings. The van der Waals surface area contributed by atoms with Gasteiger partial charge in [-0.1, -0.05) is 45.0 Å². The Balaban J connectivity index is 0.00000400. The molecule has 1 aromatic carbocycles. The Morgan fingerprint density at radius 1 is 0.857 bits per heavy atom. The summed E-state index contributed by atoms with van der Waals surface area (Å²) in [5, 5.41) is 0. The van der Waals surface area contributed by atoms with Crippen LogP contribution in [0.3, 0.4) is 0 Å². The van der Waals surface area contributed by atoms with Crippen LogP contribution in [0, 0.1) is 0 Å². The first-order valence-electron chi connectivity index (χ1n) is 7.91. The summed E-state index contributed by atoms with van der Waals surface area (Å²) < 4.78 is 1.54. The van der Waals surface area contributed by atoms with Crippen molar-refractivity contribution in [1.29, 1.82) is 0 Å². The number of halogens is 1. The van der Waals surface area contributed by atoms with Crippen LogP contribution in [-0.4, -0.2) is 28.9 Å². The zero-order valence-electron chi connectivity index (χ0n) is 14.6. The fourth-order valence-electron chi connectivity index (χ4n) is 2.43. The van der Waals surface area contributed by atoms with Crippen molar-refractivity contribution in [2.45, 2.75) is 58.6 Å². The lowest BCUT2D eigenvalue weighted by Gasteiger charge is -2.36. The van der Waals surface area contributed by atoms with Gasteiger partial charge in [0.05, 0.1) is 19.6 Å². The molecule has 3 heteroatoms. The molecule has 0 aliphatic heterocycles. The van der Waals surface area contributed by atoms with Crippen LogP contribution in [0.5, 0.6) is 0 Å². The number of hydrogen-bond acceptors (Lipinski definition) is 1. The Labute approximate surface area is 142 Å². The second kappa shape index (κ2) is 9.07. The second-order valence-corrected chi connectivity index (χ2v) is 8.47. The van der Waals surface area contributed by atoms with Crippen molar-refractivity contribution in [3.8, 4) is 0 Å². The molecule has 0 atom stereocenters. The first-order valence-corrected chi connectivity index (χ1v) is 8.89. The van der Waals surface area contributed by atoms with Crippen LogP contribution in [0.4, 0.5) is 0 Å². The van der Waals surface area contributed by atoms with Gasteiger partial charge in [-0.25, -0.2) is 0 Å². The first kappa shape index (κ1) is 20.8. The smallest absolute Gasteiger partial charge is 0.104 e. The third-order valence-electron chi connectivity index (χ3n) is 4.23. The van der Waals surface area contributed by atoms with Crippen LogP contribution >= 0.6 is 11.8 Å². The maximum atomic E-state index is 2.33. The fourth-order valence-corrected chi connectivity index (χ4v) is 3.23. The number of thioether (sulfide) groups is 1. The van der Waals surface area contributed by atoms with E-state index < -0.39 is 0 Å². The zero-order chi connectivity index (χ0) is 15.2. The molecule has 0 aliphatic carbocycles. The summed E-state index contributed by atoms with van der Waals surface area (Å²) in [6, 6.07) is 9.27. The number of rotatable bonds is 7. The Hall–Kier alpha value is -0.180. The summed E-state index contributed by atoms with van der Waals surface area (Å²) in [5.74, 6) is 1.11. The molecule has 0 bridgehead atoms. The SMILES string of the molecule is CC[N+](CC)(CC)Cc1ccc(CSC(C)(C)C)cc1.[Cl-]. The molecular formula is C18H32ClNS. The quantitative estimate of drug-likeness (QED) is 0.690. The van der Waals surface area contributed by atoms with E-state index >= 15 is 0 Å². The summed E-state index contributed by atoms with van der Waals surface area (Å²) >= 11 is 2.02. The molecule has 0 fully saturated rings. The maximum Gasteiger partial charge on any atom is 0.104 e. The molecule has 0 N–H and O–H groups in total.